The van der Waals surface area contributed by atoms with Crippen LogP contribution in [0, 0.1) is 13.8 Å². The molecule has 184 valence electrons. The first kappa shape index (κ1) is 25.0. The monoisotopic (exact) mass is 513 g/mol. The Labute approximate surface area is 209 Å². The van der Waals surface area contributed by atoms with Gasteiger partial charge in [0, 0.05) is 16.9 Å². The van der Waals surface area contributed by atoms with Gasteiger partial charge in [0.05, 0.1) is 11.3 Å². The molecule has 3 aromatic carbocycles. The summed E-state index contributed by atoms with van der Waals surface area (Å²) >= 11 is 6.19. The van der Waals surface area contributed by atoms with Gasteiger partial charge in [-0.05, 0) is 73.5 Å². The first-order chi connectivity index (χ1) is 16.9. The Bertz CT molecular complexity index is 1410. The van der Waals surface area contributed by atoms with E-state index in [1.54, 1.807) is 18.2 Å². The summed E-state index contributed by atoms with van der Waals surface area (Å²) in [6, 6.07) is 15.4. The Morgan fingerprint density at radius 3 is 2.17 bits per heavy atom. The molecule has 0 bridgehead atoms. The van der Waals surface area contributed by atoms with E-state index in [2.05, 4.69) is 10.6 Å². The largest absolute Gasteiger partial charge is 0.416 e. The second-order valence-corrected chi connectivity index (χ2v) is 8.60. The summed E-state index contributed by atoms with van der Waals surface area (Å²) in [7, 11) is 0. The van der Waals surface area contributed by atoms with Gasteiger partial charge in [0.1, 0.15) is 10.7 Å². The average molecular weight is 514 g/mol. The Morgan fingerprint density at radius 2 is 1.50 bits per heavy atom. The normalized spacial score (nSPS) is 13.9. The minimum Gasteiger partial charge on any atom is -0.350 e. The van der Waals surface area contributed by atoms with Crippen LogP contribution in [-0.2, 0) is 15.8 Å². The highest BCUT2D eigenvalue weighted by molar-refractivity contribution is 6.53. The van der Waals surface area contributed by atoms with Crippen LogP contribution in [0.15, 0.2) is 77.5 Å². The number of hydrogen-bond acceptors (Lipinski definition) is 4. The number of rotatable bonds is 5. The number of nitrogens with one attached hydrogen (secondary N) is 2. The minimum atomic E-state index is -4.55. The second kappa shape index (κ2) is 9.50. The van der Waals surface area contributed by atoms with Gasteiger partial charge >= 0.3 is 6.18 Å². The Morgan fingerprint density at radius 1 is 0.861 bits per heavy atom. The van der Waals surface area contributed by atoms with Crippen molar-refractivity contribution in [3.8, 4) is 0 Å². The lowest BCUT2D eigenvalue weighted by molar-refractivity contribution is -0.137. The van der Waals surface area contributed by atoms with E-state index >= 15 is 0 Å². The van der Waals surface area contributed by atoms with Gasteiger partial charge in [-0.1, -0.05) is 29.8 Å². The van der Waals surface area contributed by atoms with Crippen molar-refractivity contribution < 1.29 is 27.6 Å². The van der Waals surface area contributed by atoms with Crippen LogP contribution in [0.25, 0.3) is 0 Å². The Balaban J connectivity index is 1.54. The third-order valence-electron chi connectivity index (χ3n) is 5.33. The summed E-state index contributed by atoms with van der Waals surface area (Å²) in [5.41, 5.74) is 1.42. The first-order valence-corrected chi connectivity index (χ1v) is 11.0. The maximum absolute atomic E-state index is 13.1. The molecule has 1 aliphatic rings. The zero-order valence-corrected chi connectivity index (χ0v) is 19.8. The fourth-order valence-electron chi connectivity index (χ4n) is 3.78. The molecule has 0 spiro atoms. The highest BCUT2D eigenvalue weighted by Gasteiger charge is 2.39. The fraction of sp³-hybridized carbons (Fsp3) is 0.115. The van der Waals surface area contributed by atoms with Gasteiger partial charge in [-0.15, -0.1) is 0 Å². The van der Waals surface area contributed by atoms with Crippen molar-refractivity contribution in [1.29, 1.82) is 0 Å². The zero-order valence-electron chi connectivity index (χ0n) is 19.0. The molecule has 0 fully saturated rings. The summed E-state index contributed by atoms with van der Waals surface area (Å²) in [6.07, 6.45) is -4.55. The van der Waals surface area contributed by atoms with E-state index in [0.29, 0.717) is 5.69 Å². The highest BCUT2D eigenvalue weighted by Crippen LogP contribution is 2.32. The molecule has 3 aromatic rings. The molecule has 0 saturated heterocycles. The van der Waals surface area contributed by atoms with Gasteiger partial charge in [0.15, 0.2) is 0 Å². The van der Waals surface area contributed by atoms with Crippen molar-refractivity contribution in [3.63, 3.8) is 0 Å². The van der Waals surface area contributed by atoms with Crippen molar-refractivity contribution in [1.82, 2.24) is 0 Å². The maximum Gasteiger partial charge on any atom is 0.416 e. The van der Waals surface area contributed by atoms with E-state index in [4.69, 9.17) is 11.6 Å². The Kier molecular flexibility index (Phi) is 6.60. The fourth-order valence-corrected chi connectivity index (χ4v) is 4.00. The van der Waals surface area contributed by atoms with Crippen LogP contribution in [0.5, 0.6) is 0 Å². The van der Waals surface area contributed by atoms with Crippen LogP contribution in [0.1, 0.15) is 27.0 Å². The number of nitrogens with zero attached hydrogens (tertiary/aromatic N) is 1. The molecule has 3 amide bonds. The van der Waals surface area contributed by atoms with E-state index in [9.17, 15) is 27.6 Å². The standard InChI is InChI=1S/C26H19ClF3N3O3/c1-14-9-15(2)11-20(10-14)33-24(35)21(27)22(25(33)36)31-18-7-3-5-16(12-18)23(34)32-19-8-4-6-17(13-19)26(28,29)30/h3-13,31H,1-2H3,(H,32,34). The second-order valence-electron chi connectivity index (χ2n) is 8.22. The molecule has 0 aliphatic carbocycles. The lowest BCUT2D eigenvalue weighted by Gasteiger charge is -2.16. The quantitative estimate of drug-likeness (QED) is 0.410. The third kappa shape index (κ3) is 5.11. The summed E-state index contributed by atoms with van der Waals surface area (Å²) in [5, 5.41) is 4.91. The molecule has 36 heavy (non-hydrogen) atoms. The molecule has 0 unspecified atom stereocenters. The van der Waals surface area contributed by atoms with Gasteiger partial charge in [-0.25, -0.2) is 4.90 Å². The maximum atomic E-state index is 13.1. The van der Waals surface area contributed by atoms with Gasteiger partial charge in [-0.2, -0.15) is 13.2 Å². The number of aryl methyl sites for hydroxylation is 2. The molecule has 0 aromatic heterocycles. The van der Waals surface area contributed by atoms with E-state index in [-0.39, 0.29) is 27.7 Å². The lowest BCUT2D eigenvalue weighted by Crippen LogP contribution is -2.32. The number of hydrogen-bond donors (Lipinski definition) is 2. The van der Waals surface area contributed by atoms with Crippen LogP contribution in [0.3, 0.4) is 0 Å². The number of carbonyl (C=O) groups excluding carboxylic acids is 3. The predicted octanol–water partition coefficient (Wildman–Crippen LogP) is 6.01. The van der Waals surface area contributed by atoms with Crippen LogP contribution >= 0.6 is 11.6 Å². The first-order valence-electron chi connectivity index (χ1n) is 10.7. The molecule has 10 heteroatoms. The minimum absolute atomic E-state index is 0.0282. The van der Waals surface area contributed by atoms with Crippen LogP contribution in [0.2, 0.25) is 0 Å². The molecule has 1 heterocycles. The predicted molar refractivity (Wildman–Crippen MR) is 131 cm³/mol. The number of amides is 3. The third-order valence-corrected chi connectivity index (χ3v) is 5.68. The van der Waals surface area contributed by atoms with Gasteiger partial charge in [0.2, 0.25) is 0 Å². The van der Waals surface area contributed by atoms with Crippen molar-refractivity contribution in [2.75, 3.05) is 15.5 Å². The SMILES string of the molecule is Cc1cc(C)cc(N2C(=O)C(Cl)=C(Nc3cccc(C(=O)Nc4cccc(C(F)(F)F)c4)c3)C2=O)c1. The number of imide groups is 1. The molecule has 1 aliphatic heterocycles. The van der Waals surface area contributed by atoms with E-state index in [0.717, 1.165) is 28.2 Å². The summed E-state index contributed by atoms with van der Waals surface area (Å²) in [6.45, 7) is 3.68. The average Bonchev–Trinajstić information content (AvgIpc) is 3.01. The molecular formula is C26H19ClF3N3O3. The number of carbonyl (C=O) groups is 3. The van der Waals surface area contributed by atoms with Crippen molar-refractivity contribution in [2.45, 2.75) is 20.0 Å². The summed E-state index contributed by atoms with van der Waals surface area (Å²) in [4.78, 5) is 39.4. The summed E-state index contributed by atoms with van der Waals surface area (Å²) in [5.74, 6) is -2.01. The molecule has 4 rings (SSSR count). The molecule has 0 saturated carbocycles. The van der Waals surface area contributed by atoms with Crippen LogP contribution in [0.4, 0.5) is 30.2 Å². The van der Waals surface area contributed by atoms with Crippen LogP contribution in [-0.4, -0.2) is 17.7 Å². The van der Waals surface area contributed by atoms with E-state index < -0.39 is 29.5 Å². The lowest BCUT2D eigenvalue weighted by atomic mass is 10.1. The van der Waals surface area contributed by atoms with Gasteiger partial charge in [-0.3, -0.25) is 14.4 Å². The van der Waals surface area contributed by atoms with Crippen LogP contribution < -0.4 is 15.5 Å². The van der Waals surface area contributed by atoms with Crippen molar-refractivity contribution >= 4 is 46.4 Å². The Hall–Kier alpha value is -4.11. The zero-order chi connectivity index (χ0) is 26.2. The number of benzene rings is 3. The molecule has 6 nitrogen and oxygen atoms in total. The topological polar surface area (TPSA) is 78.5 Å². The molecule has 0 atom stereocenters. The highest BCUT2D eigenvalue weighted by atomic mass is 35.5. The van der Waals surface area contributed by atoms with Crippen molar-refractivity contribution in [3.05, 3.63) is 99.7 Å². The van der Waals surface area contributed by atoms with E-state index in [1.807, 2.05) is 19.9 Å². The smallest absolute Gasteiger partial charge is 0.350 e. The van der Waals surface area contributed by atoms with Crippen molar-refractivity contribution in [2.24, 2.45) is 0 Å². The molecule has 2 N–H and O–H groups in total. The van der Waals surface area contributed by atoms with Gasteiger partial charge < -0.3 is 10.6 Å². The van der Waals surface area contributed by atoms with E-state index in [1.165, 1.54) is 30.3 Å². The summed E-state index contributed by atoms with van der Waals surface area (Å²) < 4.78 is 38.8. The molecule has 0 radical (unpaired) electrons. The van der Waals surface area contributed by atoms with Gasteiger partial charge in [0.25, 0.3) is 17.7 Å². The number of anilines is 3. The molecular weight excluding hydrogens is 495 g/mol. The number of alkyl halides is 3. The number of halogens is 4.